The number of nitrogens with two attached hydrogens (primary N) is 1. The van der Waals surface area contributed by atoms with E-state index >= 15 is 0 Å². The standard InChI is InChI=1S/C24H18N2O3/c25-23(27)15-29-24(28)20-14-22(26-21-9-5-4-8-19(20)21)18-12-10-17(11-13-18)16-6-2-1-3-7-16/h1-14H,15H2,(H2,25,27). The first kappa shape index (κ1) is 18.4. The Hall–Kier alpha value is -3.99. The first-order valence-corrected chi connectivity index (χ1v) is 9.13. The van der Waals surface area contributed by atoms with Crippen molar-refractivity contribution in [3.05, 3.63) is 90.5 Å². The Morgan fingerprint density at radius 1 is 0.793 bits per heavy atom. The fourth-order valence-corrected chi connectivity index (χ4v) is 3.17. The quantitative estimate of drug-likeness (QED) is 0.524. The van der Waals surface area contributed by atoms with E-state index in [-0.39, 0.29) is 0 Å². The summed E-state index contributed by atoms with van der Waals surface area (Å²) in [5.74, 6) is -1.31. The zero-order chi connectivity index (χ0) is 20.2. The highest BCUT2D eigenvalue weighted by molar-refractivity contribution is 6.05. The molecule has 29 heavy (non-hydrogen) atoms. The van der Waals surface area contributed by atoms with Gasteiger partial charge in [-0.1, -0.05) is 72.8 Å². The van der Waals surface area contributed by atoms with Gasteiger partial charge in [-0.3, -0.25) is 4.79 Å². The maximum Gasteiger partial charge on any atom is 0.339 e. The highest BCUT2D eigenvalue weighted by Crippen LogP contribution is 2.27. The maximum atomic E-state index is 12.5. The molecule has 1 heterocycles. The van der Waals surface area contributed by atoms with Crippen molar-refractivity contribution in [2.24, 2.45) is 5.73 Å². The molecule has 0 saturated carbocycles. The summed E-state index contributed by atoms with van der Waals surface area (Å²) in [4.78, 5) is 28.2. The lowest BCUT2D eigenvalue weighted by Gasteiger charge is -2.10. The van der Waals surface area contributed by atoms with Gasteiger partial charge in [0.1, 0.15) is 0 Å². The lowest BCUT2D eigenvalue weighted by molar-refractivity contribution is -0.121. The van der Waals surface area contributed by atoms with Crippen molar-refractivity contribution >= 4 is 22.8 Å². The Kier molecular flexibility index (Phi) is 5.03. The van der Waals surface area contributed by atoms with E-state index in [1.54, 1.807) is 12.1 Å². The van der Waals surface area contributed by atoms with Gasteiger partial charge in [-0.2, -0.15) is 0 Å². The smallest absolute Gasteiger partial charge is 0.339 e. The van der Waals surface area contributed by atoms with Crippen LogP contribution in [0.3, 0.4) is 0 Å². The van der Waals surface area contributed by atoms with E-state index < -0.39 is 18.5 Å². The van der Waals surface area contributed by atoms with Crippen LogP contribution in [0.5, 0.6) is 0 Å². The van der Waals surface area contributed by atoms with E-state index in [2.05, 4.69) is 17.1 Å². The van der Waals surface area contributed by atoms with Gasteiger partial charge in [-0.15, -0.1) is 0 Å². The fraction of sp³-hybridized carbons (Fsp3) is 0.0417. The lowest BCUT2D eigenvalue weighted by Crippen LogP contribution is -2.21. The average Bonchev–Trinajstić information content (AvgIpc) is 2.77. The van der Waals surface area contributed by atoms with Gasteiger partial charge in [-0.05, 0) is 23.3 Å². The number of carbonyl (C=O) groups excluding carboxylic acids is 2. The number of nitrogens with zero attached hydrogens (tertiary/aromatic N) is 1. The highest BCUT2D eigenvalue weighted by atomic mass is 16.5. The minimum Gasteiger partial charge on any atom is -0.452 e. The second-order valence-corrected chi connectivity index (χ2v) is 6.56. The van der Waals surface area contributed by atoms with Crippen LogP contribution in [0.1, 0.15) is 10.4 Å². The second kappa shape index (κ2) is 7.94. The SMILES string of the molecule is NC(=O)COC(=O)c1cc(-c2ccc(-c3ccccc3)cc2)nc2ccccc12. The molecule has 0 fully saturated rings. The number of esters is 1. The average molecular weight is 382 g/mol. The zero-order valence-corrected chi connectivity index (χ0v) is 15.5. The van der Waals surface area contributed by atoms with Crippen molar-refractivity contribution in [2.45, 2.75) is 0 Å². The number of primary amides is 1. The van der Waals surface area contributed by atoms with Crippen LogP contribution in [-0.4, -0.2) is 23.5 Å². The van der Waals surface area contributed by atoms with Crippen LogP contribution in [-0.2, 0) is 9.53 Å². The number of hydrogen-bond donors (Lipinski definition) is 1. The number of para-hydroxylation sites is 1. The number of amides is 1. The van der Waals surface area contributed by atoms with Crippen molar-refractivity contribution in [3.63, 3.8) is 0 Å². The number of fused-ring (bicyclic) bond motifs is 1. The summed E-state index contributed by atoms with van der Waals surface area (Å²) in [6.07, 6.45) is 0. The van der Waals surface area contributed by atoms with Crippen LogP contribution < -0.4 is 5.73 Å². The first-order chi connectivity index (χ1) is 14.1. The first-order valence-electron chi connectivity index (χ1n) is 9.13. The van der Waals surface area contributed by atoms with Gasteiger partial charge in [-0.25, -0.2) is 9.78 Å². The molecular weight excluding hydrogens is 364 g/mol. The van der Waals surface area contributed by atoms with Gasteiger partial charge in [0.05, 0.1) is 16.8 Å². The second-order valence-electron chi connectivity index (χ2n) is 6.56. The summed E-state index contributed by atoms with van der Waals surface area (Å²) in [7, 11) is 0. The number of carbonyl (C=O) groups is 2. The monoisotopic (exact) mass is 382 g/mol. The van der Waals surface area contributed by atoms with Crippen molar-refractivity contribution < 1.29 is 14.3 Å². The van der Waals surface area contributed by atoms with Crippen molar-refractivity contribution in [2.75, 3.05) is 6.61 Å². The predicted octanol–water partition coefficient (Wildman–Crippen LogP) is 4.21. The Labute approximate surface area is 167 Å². The van der Waals surface area contributed by atoms with E-state index in [4.69, 9.17) is 10.5 Å². The Morgan fingerprint density at radius 2 is 1.41 bits per heavy atom. The molecule has 0 radical (unpaired) electrons. The van der Waals surface area contributed by atoms with Crippen molar-refractivity contribution in [1.29, 1.82) is 0 Å². The summed E-state index contributed by atoms with van der Waals surface area (Å²) in [5, 5.41) is 0.659. The van der Waals surface area contributed by atoms with E-state index in [0.29, 0.717) is 22.2 Å². The van der Waals surface area contributed by atoms with Crippen molar-refractivity contribution in [1.82, 2.24) is 4.98 Å². The number of ether oxygens (including phenoxy) is 1. The van der Waals surface area contributed by atoms with Crippen LogP contribution >= 0.6 is 0 Å². The zero-order valence-electron chi connectivity index (χ0n) is 15.5. The molecule has 1 aromatic heterocycles. The molecule has 2 N–H and O–H groups in total. The molecule has 4 rings (SSSR count). The van der Waals surface area contributed by atoms with E-state index in [1.165, 1.54) is 0 Å². The van der Waals surface area contributed by atoms with Gasteiger partial charge < -0.3 is 10.5 Å². The Balaban J connectivity index is 1.74. The minimum atomic E-state index is -0.701. The molecule has 0 unspecified atom stereocenters. The topological polar surface area (TPSA) is 82.3 Å². The third-order valence-corrected chi connectivity index (χ3v) is 4.57. The van der Waals surface area contributed by atoms with E-state index in [0.717, 1.165) is 16.7 Å². The number of benzene rings is 3. The summed E-state index contributed by atoms with van der Waals surface area (Å²) in [6.45, 7) is -0.462. The molecular formula is C24H18N2O3. The molecule has 0 bridgehead atoms. The molecule has 0 spiro atoms. The van der Waals surface area contributed by atoms with E-state index in [9.17, 15) is 9.59 Å². The molecule has 3 aromatic carbocycles. The molecule has 0 aliphatic carbocycles. The molecule has 5 nitrogen and oxygen atoms in total. The molecule has 0 saturated heterocycles. The van der Waals surface area contributed by atoms with Crippen LogP contribution in [0.25, 0.3) is 33.3 Å². The maximum absolute atomic E-state index is 12.5. The van der Waals surface area contributed by atoms with Crippen LogP contribution in [0.2, 0.25) is 0 Å². The van der Waals surface area contributed by atoms with Gasteiger partial charge in [0.25, 0.3) is 5.91 Å². The largest absolute Gasteiger partial charge is 0.452 e. The number of pyridine rings is 1. The minimum absolute atomic E-state index is 0.346. The summed E-state index contributed by atoms with van der Waals surface area (Å²) in [5.41, 5.74) is 9.84. The van der Waals surface area contributed by atoms with Crippen molar-refractivity contribution in [3.8, 4) is 22.4 Å². The van der Waals surface area contributed by atoms with Gasteiger partial charge >= 0.3 is 5.97 Å². The van der Waals surface area contributed by atoms with Gasteiger partial charge in [0.15, 0.2) is 6.61 Å². The summed E-state index contributed by atoms with van der Waals surface area (Å²) < 4.78 is 5.02. The summed E-state index contributed by atoms with van der Waals surface area (Å²) >= 11 is 0. The van der Waals surface area contributed by atoms with Gasteiger partial charge in [0, 0.05) is 10.9 Å². The summed E-state index contributed by atoms with van der Waals surface area (Å²) in [6, 6.07) is 27.1. The van der Waals surface area contributed by atoms with Crippen LogP contribution in [0, 0.1) is 0 Å². The highest BCUT2D eigenvalue weighted by Gasteiger charge is 2.16. The lowest BCUT2D eigenvalue weighted by atomic mass is 10.0. The fourth-order valence-electron chi connectivity index (χ4n) is 3.17. The molecule has 0 aliphatic heterocycles. The number of hydrogen-bond acceptors (Lipinski definition) is 4. The Morgan fingerprint density at radius 3 is 2.14 bits per heavy atom. The molecule has 5 heteroatoms. The van der Waals surface area contributed by atoms with Crippen LogP contribution in [0.4, 0.5) is 0 Å². The molecule has 1 amide bonds. The molecule has 142 valence electrons. The molecule has 0 atom stereocenters. The van der Waals surface area contributed by atoms with Gasteiger partial charge in [0.2, 0.25) is 0 Å². The molecule has 4 aromatic rings. The number of aromatic nitrogens is 1. The molecule has 0 aliphatic rings. The predicted molar refractivity (Wildman–Crippen MR) is 112 cm³/mol. The normalized spacial score (nSPS) is 10.6. The third-order valence-electron chi connectivity index (χ3n) is 4.57. The Bertz CT molecular complexity index is 1190. The third kappa shape index (κ3) is 3.99. The number of rotatable bonds is 5. The van der Waals surface area contributed by atoms with E-state index in [1.807, 2.05) is 60.7 Å². The van der Waals surface area contributed by atoms with Crippen LogP contribution in [0.15, 0.2) is 84.9 Å².